The van der Waals surface area contributed by atoms with E-state index in [0.29, 0.717) is 5.36 Å². The van der Waals surface area contributed by atoms with E-state index in [4.69, 9.17) is 4.28 Å². The van der Waals surface area contributed by atoms with Gasteiger partial charge in [0.2, 0.25) is 0 Å². The zero-order valence-corrected chi connectivity index (χ0v) is 12.1. The topological polar surface area (TPSA) is 55.7 Å². The summed E-state index contributed by atoms with van der Waals surface area (Å²) in [5, 5.41) is 4.21. The molecule has 0 N–H and O–H groups in total. The van der Waals surface area contributed by atoms with Gasteiger partial charge in [0, 0.05) is 0 Å². The smallest absolute Gasteiger partial charge is 0.264 e. The predicted octanol–water partition coefficient (Wildman–Crippen LogP) is 2.52. The van der Waals surface area contributed by atoms with Crippen molar-refractivity contribution in [1.29, 1.82) is 0 Å². The molecule has 20 heavy (non-hydrogen) atoms. The zero-order chi connectivity index (χ0) is 14.6. The third-order valence-corrected chi connectivity index (χ3v) is 3.89. The van der Waals surface area contributed by atoms with Crippen molar-refractivity contribution in [1.82, 2.24) is 0 Å². The lowest BCUT2D eigenvalue weighted by Crippen LogP contribution is -2.08. The standard InChI is InChI=1S/C15H15NO3S/c1-12-8-10-14(11-9-12)20(17,18)19-16-15-7-5-3-4-6-13(15)2/h3-11H,1-2H3/b16-15-. The molecule has 0 aliphatic rings. The van der Waals surface area contributed by atoms with Crippen LogP contribution in [-0.2, 0) is 14.4 Å². The van der Waals surface area contributed by atoms with Crippen LogP contribution in [0.4, 0.5) is 0 Å². The van der Waals surface area contributed by atoms with Crippen molar-refractivity contribution in [2.45, 2.75) is 18.7 Å². The van der Waals surface area contributed by atoms with Crippen molar-refractivity contribution in [3.05, 3.63) is 71.1 Å². The van der Waals surface area contributed by atoms with E-state index in [0.717, 1.165) is 11.1 Å². The lowest BCUT2D eigenvalue weighted by atomic mass is 10.2. The van der Waals surface area contributed by atoms with Crippen LogP contribution in [0.25, 0.3) is 0 Å². The SMILES string of the molecule is Cc1ccc(S(=O)(=O)O/N=c2/cccccc2C)cc1. The van der Waals surface area contributed by atoms with Crippen LogP contribution in [0.5, 0.6) is 0 Å². The minimum Gasteiger partial charge on any atom is -0.264 e. The minimum atomic E-state index is -3.88. The molecule has 0 aromatic heterocycles. The normalized spacial score (nSPS) is 12.2. The predicted molar refractivity (Wildman–Crippen MR) is 76.2 cm³/mol. The summed E-state index contributed by atoms with van der Waals surface area (Å²) in [5.41, 5.74) is 1.81. The molecular weight excluding hydrogens is 274 g/mol. The first-order valence-corrected chi connectivity index (χ1v) is 7.50. The van der Waals surface area contributed by atoms with Crippen molar-refractivity contribution in [3.63, 3.8) is 0 Å². The Morgan fingerprint density at radius 3 is 2.25 bits per heavy atom. The lowest BCUT2D eigenvalue weighted by Gasteiger charge is -2.01. The highest BCUT2D eigenvalue weighted by Crippen LogP contribution is 2.13. The summed E-state index contributed by atoms with van der Waals surface area (Å²) in [7, 11) is -3.88. The second-order valence-electron chi connectivity index (χ2n) is 4.41. The summed E-state index contributed by atoms with van der Waals surface area (Å²) in [6.45, 7) is 3.72. The minimum absolute atomic E-state index is 0.0878. The monoisotopic (exact) mass is 289 g/mol. The van der Waals surface area contributed by atoms with E-state index in [1.165, 1.54) is 12.1 Å². The summed E-state index contributed by atoms with van der Waals surface area (Å²) in [6, 6.07) is 15.4. The summed E-state index contributed by atoms with van der Waals surface area (Å²) >= 11 is 0. The molecule has 0 saturated carbocycles. The summed E-state index contributed by atoms with van der Waals surface area (Å²) in [6.07, 6.45) is 0. The average Bonchev–Trinajstić information content (AvgIpc) is 2.62. The zero-order valence-electron chi connectivity index (χ0n) is 11.3. The van der Waals surface area contributed by atoms with Crippen LogP contribution in [-0.4, -0.2) is 8.42 Å². The van der Waals surface area contributed by atoms with E-state index in [9.17, 15) is 8.42 Å². The molecule has 0 atom stereocenters. The lowest BCUT2D eigenvalue weighted by molar-refractivity contribution is 0.324. The molecule has 2 rings (SSSR count). The van der Waals surface area contributed by atoms with Gasteiger partial charge in [-0.1, -0.05) is 47.1 Å². The largest absolute Gasteiger partial charge is 0.358 e. The number of nitrogens with zero attached hydrogens (tertiary/aromatic N) is 1. The highest BCUT2D eigenvalue weighted by molar-refractivity contribution is 7.86. The van der Waals surface area contributed by atoms with Crippen molar-refractivity contribution in [2.24, 2.45) is 5.16 Å². The fourth-order valence-corrected chi connectivity index (χ4v) is 2.30. The first-order valence-electron chi connectivity index (χ1n) is 6.09. The van der Waals surface area contributed by atoms with Crippen LogP contribution in [0.2, 0.25) is 0 Å². The number of hydrogen-bond donors (Lipinski definition) is 0. The van der Waals surface area contributed by atoms with E-state index >= 15 is 0 Å². The molecule has 2 aromatic carbocycles. The van der Waals surface area contributed by atoms with E-state index in [-0.39, 0.29) is 4.90 Å². The maximum atomic E-state index is 12.0. The van der Waals surface area contributed by atoms with E-state index < -0.39 is 10.1 Å². The van der Waals surface area contributed by atoms with Crippen molar-refractivity contribution >= 4 is 10.1 Å². The molecule has 0 heterocycles. The Morgan fingerprint density at radius 2 is 1.55 bits per heavy atom. The highest BCUT2D eigenvalue weighted by Gasteiger charge is 2.14. The number of benzene rings is 1. The molecular formula is C15H15NO3S. The molecule has 0 bridgehead atoms. The maximum absolute atomic E-state index is 12.0. The van der Waals surface area contributed by atoms with Crippen LogP contribution in [0.15, 0.2) is 64.6 Å². The fourth-order valence-electron chi connectivity index (χ4n) is 1.57. The van der Waals surface area contributed by atoms with Gasteiger partial charge in [0.05, 0.1) is 0 Å². The summed E-state index contributed by atoms with van der Waals surface area (Å²) in [5.74, 6) is 0. The van der Waals surface area contributed by atoms with Gasteiger partial charge in [-0.3, -0.25) is 4.28 Å². The molecule has 0 saturated heterocycles. The second kappa shape index (κ2) is 5.88. The van der Waals surface area contributed by atoms with E-state index in [1.54, 1.807) is 24.3 Å². The van der Waals surface area contributed by atoms with Crippen molar-refractivity contribution in [3.8, 4) is 0 Å². The van der Waals surface area contributed by atoms with Crippen molar-refractivity contribution in [2.75, 3.05) is 0 Å². The van der Waals surface area contributed by atoms with Gasteiger partial charge in [0.15, 0.2) is 0 Å². The quantitative estimate of drug-likeness (QED) is 0.816. The van der Waals surface area contributed by atoms with Gasteiger partial charge in [0.1, 0.15) is 10.3 Å². The Labute approximate surface area is 118 Å². The molecule has 104 valence electrons. The first-order chi connectivity index (χ1) is 9.49. The van der Waals surface area contributed by atoms with Crippen LogP contribution in [0.1, 0.15) is 11.1 Å². The van der Waals surface area contributed by atoms with Gasteiger partial charge < -0.3 is 0 Å². The van der Waals surface area contributed by atoms with Crippen LogP contribution >= 0.6 is 0 Å². The van der Waals surface area contributed by atoms with Gasteiger partial charge in [-0.15, -0.1) is 0 Å². The van der Waals surface area contributed by atoms with E-state index in [2.05, 4.69) is 5.16 Å². The van der Waals surface area contributed by atoms with Crippen LogP contribution in [0.3, 0.4) is 0 Å². The molecule has 0 unspecified atom stereocenters. The third-order valence-electron chi connectivity index (χ3n) is 2.77. The molecule has 0 fully saturated rings. The Hall–Kier alpha value is -2.14. The molecule has 4 nitrogen and oxygen atoms in total. The molecule has 5 heteroatoms. The molecule has 0 radical (unpaired) electrons. The molecule has 2 aromatic rings. The summed E-state index contributed by atoms with van der Waals surface area (Å²) < 4.78 is 28.7. The van der Waals surface area contributed by atoms with Crippen LogP contribution in [0, 0.1) is 13.8 Å². The molecule has 0 amide bonds. The van der Waals surface area contributed by atoms with Gasteiger partial charge in [-0.25, -0.2) is 0 Å². The number of aryl methyl sites for hydroxylation is 2. The number of hydrogen-bond acceptors (Lipinski definition) is 4. The summed E-state index contributed by atoms with van der Waals surface area (Å²) in [4.78, 5) is 0.0878. The molecule has 0 aliphatic carbocycles. The first kappa shape index (κ1) is 14.3. The van der Waals surface area contributed by atoms with Gasteiger partial charge in [0.25, 0.3) is 0 Å². The molecule has 0 aliphatic heterocycles. The van der Waals surface area contributed by atoms with Crippen molar-refractivity contribution < 1.29 is 12.7 Å². The van der Waals surface area contributed by atoms with E-state index in [1.807, 2.05) is 32.0 Å². The highest BCUT2D eigenvalue weighted by atomic mass is 32.2. The van der Waals surface area contributed by atoms with Gasteiger partial charge in [-0.05, 0) is 37.6 Å². The Morgan fingerprint density at radius 1 is 0.900 bits per heavy atom. The average molecular weight is 289 g/mol. The second-order valence-corrected chi connectivity index (χ2v) is 5.94. The number of rotatable bonds is 3. The Bertz CT molecular complexity index is 766. The van der Waals surface area contributed by atoms with Crippen LogP contribution < -0.4 is 5.36 Å². The Balaban J connectivity index is 2.35. The third kappa shape index (κ3) is 3.45. The fraction of sp³-hybridized carbons (Fsp3) is 0.133. The van der Waals surface area contributed by atoms with Gasteiger partial charge in [-0.2, -0.15) is 8.42 Å². The van der Waals surface area contributed by atoms with Gasteiger partial charge >= 0.3 is 10.1 Å². The Kier molecular flexibility index (Phi) is 4.20. The maximum Gasteiger partial charge on any atom is 0.358 e. The molecule has 0 spiro atoms.